The Morgan fingerprint density at radius 2 is 1.77 bits per heavy atom. The van der Waals surface area contributed by atoms with E-state index in [0.29, 0.717) is 11.5 Å². The van der Waals surface area contributed by atoms with Gasteiger partial charge in [-0.3, -0.25) is 0 Å². The molecule has 0 radical (unpaired) electrons. The van der Waals surface area contributed by atoms with Crippen molar-refractivity contribution in [1.29, 1.82) is 0 Å². The van der Waals surface area contributed by atoms with E-state index < -0.39 is 15.8 Å². The second-order valence-corrected chi connectivity index (χ2v) is 6.95. The first-order valence-electron chi connectivity index (χ1n) is 6.57. The normalized spacial score (nSPS) is 13.6. The smallest absolute Gasteiger partial charge is 0.243 e. The van der Waals surface area contributed by atoms with E-state index in [1.807, 2.05) is 0 Å². The van der Waals surface area contributed by atoms with Crippen LogP contribution in [0.3, 0.4) is 0 Å². The Balaban J connectivity index is 1.81. The molecule has 5 nitrogen and oxygen atoms in total. The predicted molar refractivity (Wildman–Crippen MR) is 77.6 cm³/mol. The number of sulfonamides is 1. The molecule has 0 spiro atoms. The second kappa shape index (κ2) is 5.58. The van der Waals surface area contributed by atoms with Gasteiger partial charge in [0, 0.05) is 13.6 Å². The average Bonchev–Trinajstić information content (AvgIpc) is 2.95. The van der Waals surface area contributed by atoms with Crippen LogP contribution in [-0.2, 0) is 16.6 Å². The summed E-state index contributed by atoms with van der Waals surface area (Å²) in [6, 6.07) is 10.0. The standard InChI is InChI=1S/C15H14FNO4S/c1-17(22(18,19)13-5-3-12(16)4-6-13)9-11-2-7-14-15(8-11)21-10-20-14/h2-8H,9-10H2,1H3. The van der Waals surface area contributed by atoms with Gasteiger partial charge in [0.2, 0.25) is 16.8 Å². The SMILES string of the molecule is CN(Cc1ccc2c(c1)OCO2)S(=O)(=O)c1ccc(F)cc1. The molecule has 0 saturated carbocycles. The maximum Gasteiger partial charge on any atom is 0.243 e. The van der Waals surface area contributed by atoms with Crippen molar-refractivity contribution in [3.8, 4) is 11.5 Å². The Hall–Kier alpha value is -2.12. The Morgan fingerprint density at radius 1 is 1.09 bits per heavy atom. The van der Waals surface area contributed by atoms with E-state index in [9.17, 15) is 12.8 Å². The van der Waals surface area contributed by atoms with E-state index in [1.165, 1.54) is 23.5 Å². The van der Waals surface area contributed by atoms with Crippen molar-refractivity contribution in [3.63, 3.8) is 0 Å². The van der Waals surface area contributed by atoms with Gasteiger partial charge in [0.15, 0.2) is 11.5 Å². The Bertz CT molecular complexity index is 790. The lowest BCUT2D eigenvalue weighted by Crippen LogP contribution is -2.26. The van der Waals surface area contributed by atoms with Crippen LogP contribution in [0.2, 0.25) is 0 Å². The summed E-state index contributed by atoms with van der Waals surface area (Å²) in [4.78, 5) is 0.0529. The molecule has 3 rings (SSSR count). The van der Waals surface area contributed by atoms with Gasteiger partial charge in [0.1, 0.15) is 5.82 Å². The van der Waals surface area contributed by atoms with E-state index in [-0.39, 0.29) is 18.2 Å². The molecule has 7 heteroatoms. The highest BCUT2D eigenvalue weighted by Gasteiger charge is 2.22. The molecule has 0 bridgehead atoms. The fourth-order valence-corrected chi connectivity index (χ4v) is 3.33. The van der Waals surface area contributed by atoms with Crippen LogP contribution in [0.15, 0.2) is 47.4 Å². The summed E-state index contributed by atoms with van der Waals surface area (Å²) in [5, 5.41) is 0. The van der Waals surface area contributed by atoms with Crippen molar-refractivity contribution in [2.45, 2.75) is 11.4 Å². The van der Waals surface area contributed by atoms with Crippen molar-refractivity contribution in [2.75, 3.05) is 13.8 Å². The molecule has 1 aliphatic rings. The highest BCUT2D eigenvalue weighted by Crippen LogP contribution is 2.33. The molecular weight excluding hydrogens is 309 g/mol. The van der Waals surface area contributed by atoms with Crippen LogP contribution in [0.5, 0.6) is 11.5 Å². The van der Waals surface area contributed by atoms with E-state index >= 15 is 0 Å². The first-order valence-corrected chi connectivity index (χ1v) is 8.01. The summed E-state index contributed by atoms with van der Waals surface area (Å²) in [7, 11) is -2.20. The zero-order valence-corrected chi connectivity index (χ0v) is 12.6. The third-order valence-electron chi connectivity index (χ3n) is 3.36. The minimum Gasteiger partial charge on any atom is -0.454 e. The third-order valence-corrected chi connectivity index (χ3v) is 5.18. The van der Waals surface area contributed by atoms with E-state index in [4.69, 9.17) is 9.47 Å². The largest absolute Gasteiger partial charge is 0.454 e. The maximum absolute atomic E-state index is 12.9. The number of fused-ring (bicyclic) bond motifs is 1. The lowest BCUT2D eigenvalue weighted by molar-refractivity contribution is 0.174. The van der Waals surface area contributed by atoms with Gasteiger partial charge in [-0.2, -0.15) is 4.31 Å². The molecule has 2 aromatic carbocycles. The fraction of sp³-hybridized carbons (Fsp3) is 0.200. The van der Waals surface area contributed by atoms with Crippen LogP contribution in [0.4, 0.5) is 4.39 Å². The number of nitrogens with zero attached hydrogens (tertiary/aromatic N) is 1. The van der Waals surface area contributed by atoms with Gasteiger partial charge in [-0.25, -0.2) is 12.8 Å². The molecule has 2 aromatic rings. The molecule has 1 aliphatic heterocycles. The van der Waals surface area contributed by atoms with Crippen LogP contribution in [0, 0.1) is 5.82 Å². The first-order chi connectivity index (χ1) is 10.5. The molecule has 0 aromatic heterocycles. The van der Waals surface area contributed by atoms with Crippen LogP contribution in [0.1, 0.15) is 5.56 Å². The number of hydrogen-bond acceptors (Lipinski definition) is 4. The fourth-order valence-electron chi connectivity index (χ4n) is 2.17. The summed E-state index contributed by atoms with van der Waals surface area (Å²) < 4.78 is 49.5. The van der Waals surface area contributed by atoms with Gasteiger partial charge in [0.05, 0.1) is 4.90 Å². The van der Waals surface area contributed by atoms with Gasteiger partial charge in [-0.1, -0.05) is 6.07 Å². The topological polar surface area (TPSA) is 55.8 Å². The number of benzene rings is 2. The molecule has 1 heterocycles. The lowest BCUT2D eigenvalue weighted by atomic mass is 10.2. The lowest BCUT2D eigenvalue weighted by Gasteiger charge is -2.17. The zero-order valence-electron chi connectivity index (χ0n) is 11.8. The van der Waals surface area contributed by atoms with Gasteiger partial charge < -0.3 is 9.47 Å². The van der Waals surface area contributed by atoms with E-state index in [1.54, 1.807) is 18.2 Å². The summed E-state index contributed by atoms with van der Waals surface area (Å²) in [6.45, 7) is 0.346. The highest BCUT2D eigenvalue weighted by atomic mass is 32.2. The minimum atomic E-state index is -3.67. The molecule has 0 saturated heterocycles. The molecule has 0 aliphatic carbocycles. The van der Waals surface area contributed by atoms with Crippen LogP contribution in [-0.4, -0.2) is 26.6 Å². The summed E-state index contributed by atoms with van der Waals surface area (Å²) in [5.41, 5.74) is 0.775. The number of rotatable bonds is 4. The number of halogens is 1. The Morgan fingerprint density at radius 3 is 2.50 bits per heavy atom. The van der Waals surface area contributed by atoms with Crippen molar-refractivity contribution in [1.82, 2.24) is 4.31 Å². The van der Waals surface area contributed by atoms with Gasteiger partial charge in [-0.15, -0.1) is 0 Å². The summed E-state index contributed by atoms with van der Waals surface area (Å²) >= 11 is 0. The third kappa shape index (κ3) is 2.77. The maximum atomic E-state index is 12.9. The van der Waals surface area contributed by atoms with Crippen molar-refractivity contribution in [3.05, 3.63) is 53.8 Å². The van der Waals surface area contributed by atoms with Gasteiger partial charge in [-0.05, 0) is 42.0 Å². The quantitative estimate of drug-likeness (QED) is 0.867. The zero-order chi connectivity index (χ0) is 15.7. The molecular formula is C15H14FNO4S. The highest BCUT2D eigenvalue weighted by molar-refractivity contribution is 7.89. The number of ether oxygens (including phenoxy) is 2. The number of hydrogen-bond donors (Lipinski definition) is 0. The molecule has 116 valence electrons. The molecule has 0 fully saturated rings. The average molecular weight is 323 g/mol. The second-order valence-electron chi connectivity index (χ2n) is 4.90. The summed E-state index contributed by atoms with van der Waals surface area (Å²) in [6.07, 6.45) is 0. The van der Waals surface area contributed by atoms with Crippen molar-refractivity contribution < 1.29 is 22.3 Å². The molecule has 0 unspecified atom stereocenters. The van der Waals surface area contributed by atoms with Gasteiger partial charge in [0.25, 0.3) is 0 Å². The van der Waals surface area contributed by atoms with Crippen LogP contribution in [0.25, 0.3) is 0 Å². The first kappa shape index (κ1) is 14.8. The summed E-state index contributed by atoms with van der Waals surface area (Å²) in [5.74, 6) is 0.773. The van der Waals surface area contributed by atoms with E-state index in [2.05, 4.69) is 0 Å². The van der Waals surface area contributed by atoms with Crippen molar-refractivity contribution >= 4 is 10.0 Å². The van der Waals surface area contributed by atoms with Crippen LogP contribution < -0.4 is 9.47 Å². The minimum absolute atomic E-state index is 0.0529. The van der Waals surface area contributed by atoms with Crippen LogP contribution >= 0.6 is 0 Å². The van der Waals surface area contributed by atoms with Crippen molar-refractivity contribution in [2.24, 2.45) is 0 Å². The Labute approximate surface area is 127 Å². The Kier molecular flexibility index (Phi) is 3.76. The molecule has 22 heavy (non-hydrogen) atoms. The molecule has 0 N–H and O–H groups in total. The van der Waals surface area contributed by atoms with E-state index in [0.717, 1.165) is 17.7 Å². The molecule has 0 amide bonds. The monoisotopic (exact) mass is 323 g/mol. The predicted octanol–water partition coefficient (Wildman–Crippen LogP) is 2.38. The molecule has 0 atom stereocenters. The van der Waals surface area contributed by atoms with Gasteiger partial charge >= 0.3 is 0 Å².